The summed E-state index contributed by atoms with van der Waals surface area (Å²) >= 11 is 0. The van der Waals surface area contributed by atoms with E-state index in [0.29, 0.717) is 6.42 Å². The number of ether oxygens (including phenoxy) is 1. The van der Waals surface area contributed by atoms with Crippen LogP contribution in [0.25, 0.3) is 0 Å². The summed E-state index contributed by atoms with van der Waals surface area (Å²) < 4.78 is 4.84. The minimum atomic E-state index is -1.40. The number of carbonyl (C=O) groups excluding carboxylic acids is 7. The molecule has 0 unspecified atom stereocenters. The second-order valence-electron chi connectivity index (χ2n) is 13.8. The van der Waals surface area contributed by atoms with Gasteiger partial charge in [-0.15, -0.1) is 0 Å². The van der Waals surface area contributed by atoms with Crippen LogP contribution in [0.2, 0.25) is 0 Å². The summed E-state index contributed by atoms with van der Waals surface area (Å²) in [6.45, 7) is 9.15. The number of esters is 1. The Morgan fingerprint density at radius 3 is 1.28 bits per heavy atom. The van der Waals surface area contributed by atoms with Gasteiger partial charge in [-0.3, -0.25) is 39.6 Å². The van der Waals surface area contributed by atoms with Crippen molar-refractivity contribution in [2.24, 2.45) is 34.8 Å². The van der Waals surface area contributed by atoms with E-state index in [1.165, 1.54) is 14.0 Å². The molecule has 0 aliphatic rings. The van der Waals surface area contributed by atoms with Gasteiger partial charge in [0, 0.05) is 19.5 Å². The first-order valence-electron chi connectivity index (χ1n) is 18.0. The number of carbonyl (C=O) groups is 7. The number of guanidine groups is 2. The quantitative estimate of drug-likeness (QED) is 0.0179. The Morgan fingerprint density at radius 2 is 0.907 bits per heavy atom. The third-order valence-corrected chi connectivity index (χ3v) is 7.81. The summed E-state index contributed by atoms with van der Waals surface area (Å²) in [5, 5.41) is 32.9. The van der Waals surface area contributed by atoms with Gasteiger partial charge in [-0.25, -0.2) is 4.79 Å². The van der Waals surface area contributed by atoms with E-state index in [4.69, 9.17) is 38.5 Å². The largest absolute Gasteiger partial charge is 0.467 e. The van der Waals surface area contributed by atoms with E-state index < -0.39 is 77.7 Å². The Kier molecular flexibility index (Phi) is 23.2. The second kappa shape index (κ2) is 25.7. The lowest BCUT2D eigenvalue weighted by Gasteiger charge is -2.28. The fourth-order valence-corrected chi connectivity index (χ4v) is 5.07. The van der Waals surface area contributed by atoms with Crippen molar-refractivity contribution in [3.05, 3.63) is 0 Å². The van der Waals surface area contributed by atoms with Crippen molar-refractivity contribution >= 4 is 53.3 Å². The van der Waals surface area contributed by atoms with Crippen molar-refractivity contribution in [1.29, 1.82) is 10.8 Å². The lowest BCUT2D eigenvalue weighted by molar-refractivity contribution is -0.146. The van der Waals surface area contributed by atoms with Crippen LogP contribution in [0, 0.1) is 22.7 Å². The highest BCUT2D eigenvalue weighted by Crippen LogP contribution is 2.11. The first kappa shape index (κ1) is 48.8. The monoisotopic (exact) mass is 769 g/mol. The van der Waals surface area contributed by atoms with Crippen LogP contribution in [0.3, 0.4) is 0 Å². The van der Waals surface area contributed by atoms with Gasteiger partial charge in [-0.1, -0.05) is 27.7 Å². The molecule has 0 saturated heterocycles. The minimum Gasteiger partial charge on any atom is -0.467 e. The number of amides is 6. The number of nitrogens with one attached hydrogen (secondary N) is 9. The van der Waals surface area contributed by atoms with Gasteiger partial charge >= 0.3 is 5.97 Å². The van der Waals surface area contributed by atoms with E-state index in [1.54, 1.807) is 13.8 Å². The van der Waals surface area contributed by atoms with Crippen molar-refractivity contribution in [2.45, 2.75) is 122 Å². The predicted molar refractivity (Wildman–Crippen MR) is 201 cm³/mol. The fraction of sp³-hybridized carbons (Fsp3) is 0.727. The second-order valence-corrected chi connectivity index (χ2v) is 13.8. The van der Waals surface area contributed by atoms with E-state index in [2.05, 4.69) is 37.2 Å². The first-order valence-corrected chi connectivity index (χ1v) is 18.0. The maximum Gasteiger partial charge on any atom is 0.328 e. The molecule has 0 aliphatic heterocycles. The molecule has 17 N–H and O–H groups in total. The van der Waals surface area contributed by atoms with Crippen molar-refractivity contribution in [2.75, 3.05) is 20.2 Å². The average molecular weight is 770 g/mol. The molecule has 0 radical (unpaired) electrons. The van der Waals surface area contributed by atoms with Gasteiger partial charge in [-0.2, -0.15) is 0 Å². The standard InChI is InChI=1S/C33H63N13O8/c1-17(2)15-23(45-27(49)20(42-26(48)19(5)34)9-7-13-40-32(36)37)30(52)44-22(11-12-25(35)47)29(51)43-21(10-8-14-41-33(38)39)28(50)46-24(16-18(3)4)31(53)54-6/h17-24H,7-16,34H2,1-6H3,(H2,35,47)(H,42,48)(H,43,51)(H,44,52)(H,45,49)(H,46,50)(H4,36,37,40)(H4,38,39,41)/t19-,20-,21-,22-,23-,24-/m0/s1. The molecule has 0 saturated carbocycles. The third-order valence-electron chi connectivity index (χ3n) is 7.81. The highest BCUT2D eigenvalue weighted by Gasteiger charge is 2.33. The Balaban J connectivity index is 6.34. The highest BCUT2D eigenvalue weighted by molar-refractivity contribution is 5.96. The Labute approximate surface area is 316 Å². The lowest BCUT2D eigenvalue weighted by atomic mass is 10.0. The zero-order chi connectivity index (χ0) is 41.5. The van der Waals surface area contributed by atoms with Crippen molar-refractivity contribution in [1.82, 2.24) is 37.2 Å². The van der Waals surface area contributed by atoms with Crippen LogP contribution in [0.1, 0.15) is 86.0 Å². The summed E-state index contributed by atoms with van der Waals surface area (Å²) in [4.78, 5) is 91.2. The molecule has 21 nitrogen and oxygen atoms in total. The van der Waals surface area contributed by atoms with Crippen LogP contribution in [0.5, 0.6) is 0 Å². The molecule has 0 aromatic carbocycles. The zero-order valence-corrected chi connectivity index (χ0v) is 32.3. The third kappa shape index (κ3) is 21.3. The Morgan fingerprint density at radius 1 is 0.556 bits per heavy atom. The SMILES string of the molecule is COC(=O)[C@H](CC(C)C)NC(=O)[C@H](CCCNC(=N)N)NC(=O)[C@H](CCC(N)=O)NC(=O)[C@H](CC(C)C)NC(=O)[C@H](CCCNC(=N)N)NC(=O)[C@H](C)N. The van der Waals surface area contributed by atoms with E-state index in [1.807, 2.05) is 13.8 Å². The number of primary amides is 1. The van der Waals surface area contributed by atoms with Crippen molar-refractivity contribution < 1.29 is 38.3 Å². The van der Waals surface area contributed by atoms with Gasteiger partial charge in [0.05, 0.1) is 13.2 Å². The van der Waals surface area contributed by atoms with E-state index in [9.17, 15) is 33.6 Å². The van der Waals surface area contributed by atoms with Gasteiger partial charge < -0.3 is 64.9 Å². The molecule has 0 spiro atoms. The molecule has 54 heavy (non-hydrogen) atoms. The van der Waals surface area contributed by atoms with Gasteiger partial charge in [0.25, 0.3) is 0 Å². The average Bonchev–Trinajstić information content (AvgIpc) is 3.06. The van der Waals surface area contributed by atoms with Gasteiger partial charge in [0.2, 0.25) is 35.4 Å². The normalized spacial score (nSPS) is 14.2. The lowest BCUT2D eigenvalue weighted by Crippen LogP contribution is -2.59. The van der Waals surface area contributed by atoms with Gasteiger partial charge in [-0.05, 0) is 63.7 Å². The van der Waals surface area contributed by atoms with Gasteiger partial charge in [0.15, 0.2) is 11.9 Å². The van der Waals surface area contributed by atoms with Crippen molar-refractivity contribution in [3.8, 4) is 0 Å². The molecule has 0 aromatic heterocycles. The summed E-state index contributed by atoms with van der Waals surface area (Å²) in [5.74, 6) is -5.83. The van der Waals surface area contributed by atoms with E-state index >= 15 is 0 Å². The molecular formula is C33H63N13O8. The number of hydrogen-bond donors (Lipinski definition) is 13. The van der Waals surface area contributed by atoms with Crippen LogP contribution < -0.4 is 60.2 Å². The molecule has 0 bridgehead atoms. The molecule has 21 heteroatoms. The molecular weight excluding hydrogens is 706 g/mol. The van der Waals surface area contributed by atoms with Crippen molar-refractivity contribution in [3.63, 3.8) is 0 Å². The summed E-state index contributed by atoms with van der Waals surface area (Å²) in [5.41, 5.74) is 21.7. The minimum absolute atomic E-state index is 0.00520. The Bertz CT molecular complexity index is 1290. The molecule has 0 fully saturated rings. The number of rotatable bonds is 26. The molecule has 0 aliphatic carbocycles. The molecule has 6 amide bonds. The Hall–Kier alpha value is -5.21. The molecule has 0 heterocycles. The summed E-state index contributed by atoms with van der Waals surface area (Å²) in [6.07, 6.45) is 0.455. The van der Waals surface area contributed by atoms with Crippen LogP contribution in [-0.4, -0.2) is 110 Å². The maximum absolute atomic E-state index is 13.8. The molecule has 0 aromatic rings. The number of hydrogen-bond acceptors (Lipinski definition) is 11. The molecule has 308 valence electrons. The highest BCUT2D eigenvalue weighted by atomic mass is 16.5. The smallest absolute Gasteiger partial charge is 0.328 e. The topological polar surface area (TPSA) is 365 Å². The molecule has 6 atom stereocenters. The summed E-state index contributed by atoms with van der Waals surface area (Å²) in [7, 11) is 1.18. The maximum atomic E-state index is 13.8. The predicted octanol–water partition coefficient (Wildman–Crippen LogP) is -3.19. The summed E-state index contributed by atoms with van der Waals surface area (Å²) in [6, 6.07) is -6.92. The van der Waals surface area contributed by atoms with Crippen LogP contribution in [-0.2, 0) is 38.3 Å². The van der Waals surface area contributed by atoms with Crippen LogP contribution >= 0.6 is 0 Å². The zero-order valence-electron chi connectivity index (χ0n) is 32.3. The van der Waals surface area contributed by atoms with Gasteiger partial charge in [0.1, 0.15) is 30.2 Å². The van der Waals surface area contributed by atoms with Crippen LogP contribution in [0.15, 0.2) is 0 Å². The number of methoxy groups -OCH3 is 1. The molecule has 0 rings (SSSR count). The van der Waals surface area contributed by atoms with Crippen LogP contribution in [0.4, 0.5) is 0 Å². The fourth-order valence-electron chi connectivity index (χ4n) is 5.07. The van der Waals surface area contributed by atoms with E-state index in [0.717, 1.165) is 0 Å². The number of nitrogens with two attached hydrogens (primary N) is 4. The van der Waals surface area contributed by atoms with E-state index in [-0.39, 0.29) is 81.8 Å². The first-order chi connectivity index (χ1) is 25.2.